The monoisotopic (exact) mass is 279 g/mol. The first-order chi connectivity index (χ1) is 7.88. The topological polar surface area (TPSA) is 59.3 Å². The SMILES string of the molecule is CCOP(=O)(OC(C#N)C(C)C)SC(C)CC. The van der Waals surface area contributed by atoms with Crippen LogP contribution in [0, 0.1) is 17.2 Å². The lowest BCUT2D eigenvalue weighted by Gasteiger charge is -2.23. The fraction of sp³-hybridized carbons (Fsp3) is 0.909. The minimum absolute atomic E-state index is 0.00804. The van der Waals surface area contributed by atoms with Crippen molar-refractivity contribution in [3.8, 4) is 6.07 Å². The maximum absolute atomic E-state index is 12.4. The third-order valence-electron chi connectivity index (χ3n) is 2.15. The summed E-state index contributed by atoms with van der Waals surface area (Å²) in [5, 5.41) is 9.14. The molecule has 0 aliphatic carbocycles. The quantitative estimate of drug-likeness (QED) is 0.622. The Bertz CT molecular complexity index is 304. The summed E-state index contributed by atoms with van der Waals surface area (Å²) in [5.41, 5.74) is 0. The van der Waals surface area contributed by atoms with Gasteiger partial charge in [0.15, 0.2) is 6.10 Å². The molecule has 3 atom stereocenters. The lowest BCUT2D eigenvalue weighted by Crippen LogP contribution is -2.16. The van der Waals surface area contributed by atoms with E-state index in [1.165, 1.54) is 11.4 Å². The van der Waals surface area contributed by atoms with E-state index in [0.29, 0.717) is 6.61 Å². The van der Waals surface area contributed by atoms with Crippen LogP contribution in [-0.2, 0) is 13.6 Å². The van der Waals surface area contributed by atoms with Crippen LogP contribution in [0.3, 0.4) is 0 Å². The molecule has 17 heavy (non-hydrogen) atoms. The molecular weight excluding hydrogens is 257 g/mol. The molecule has 0 saturated carbocycles. The Morgan fingerprint density at radius 2 is 1.94 bits per heavy atom. The van der Waals surface area contributed by atoms with E-state index in [9.17, 15) is 4.57 Å². The Hall–Kier alpha value is -0.0100. The number of nitrogens with zero attached hydrogens (tertiary/aromatic N) is 1. The van der Waals surface area contributed by atoms with Crippen molar-refractivity contribution in [2.45, 2.75) is 52.4 Å². The summed E-state index contributed by atoms with van der Waals surface area (Å²) in [7, 11) is 0. The van der Waals surface area contributed by atoms with Gasteiger partial charge in [0.05, 0.1) is 12.7 Å². The lowest BCUT2D eigenvalue weighted by molar-refractivity contribution is 0.164. The van der Waals surface area contributed by atoms with Gasteiger partial charge in [-0.25, -0.2) is 4.57 Å². The Morgan fingerprint density at radius 1 is 1.35 bits per heavy atom. The number of nitriles is 1. The van der Waals surface area contributed by atoms with Crippen LogP contribution in [0.1, 0.15) is 41.0 Å². The second kappa shape index (κ2) is 8.16. The van der Waals surface area contributed by atoms with Crippen molar-refractivity contribution in [2.75, 3.05) is 6.61 Å². The fourth-order valence-corrected chi connectivity index (χ4v) is 5.31. The maximum atomic E-state index is 12.4. The average molecular weight is 279 g/mol. The maximum Gasteiger partial charge on any atom is 0.390 e. The van der Waals surface area contributed by atoms with Crippen LogP contribution in [0.25, 0.3) is 0 Å². The largest absolute Gasteiger partial charge is 0.390 e. The summed E-state index contributed by atoms with van der Waals surface area (Å²) >= 11 is 1.19. The van der Waals surface area contributed by atoms with Crippen molar-refractivity contribution in [3.63, 3.8) is 0 Å². The molecule has 0 aromatic carbocycles. The average Bonchev–Trinajstić information content (AvgIpc) is 2.25. The zero-order valence-electron chi connectivity index (χ0n) is 11.2. The standard InChI is InChI=1S/C11H22NO3PS/c1-6-10(5)17-16(13,14-7-2)15-11(8-12)9(3)4/h9-11H,6-7H2,1-5H3. The van der Waals surface area contributed by atoms with Crippen LogP contribution >= 0.6 is 18.2 Å². The fourth-order valence-electron chi connectivity index (χ4n) is 0.972. The van der Waals surface area contributed by atoms with Gasteiger partial charge in [0.25, 0.3) is 0 Å². The Balaban J connectivity index is 4.71. The van der Waals surface area contributed by atoms with E-state index in [1.54, 1.807) is 6.92 Å². The number of hydrogen-bond acceptors (Lipinski definition) is 5. The molecule has 0 rings (SSSR count). The molecule has 0 amide bonds. The van der Waals surface area contributed by atoms with Crippen molar-refractivity contribution < 1.29 is 13.6 Å². The lowest BCUT2D eigenvalue weighted by atomic mass is 10.1. The van der Waals surface area contributed by atoms with Gasteiger partial charge >= 0.3 is 6.80 Å². The Labute approximate surface area is 108 Å². The summed E-state index contributed by atoms with van der Waals surface area (Å²) in [5.74, 6) is -0.00804. The molecule has 3 unspecified atom stereocenters. The van der Waals surface area contributed by atoms with Crippen LogP contribution in [0.15, 0.2) is 0 Å². The summed E-state index contributed by atoms with van der Waals surface area (Å²) < 4.78 is 23.1. The van der Waals surface area contributed by atoms with Gasteiger partial charge in [0.2, 0.25) is 0 Å². The molecule has 0 bridgehead atoms. The van der Waals surface area contributed by atoms with Gasteiger partial charge in [-0.05, 0) is 30.6 Å². The van der Waals surface area contributed by atoms with Gasteiger partial charge in [-0.3, -0.25) is 4.52 Å². The third kappa shape index (κ3) is 6.47. The third-order valence-corrected chi connectivity index (χ3v) is 6.59. The van der Waals surface area contributed by atoms with Crippen molar-refractivity contribution in [3.05, 3.63) is 0 Å². The molecule has 0 spiro atoms. The molecule has 0 fully saturated rings. The van der Waals surface area contributed by atoms with Crippen LogP contribution < -0.4 is 0 Å². The first kappa shape index (κ1) is 17.0. The second-order valence-electron chi connectivity index (χ2n) is 4.09. The summed E-state index contributed by atoms with van der Waals surface area (Å²) in [6.07, 6.45) is 0.188. The smallest absolute Gasteiger partial charge is 0.301 e. The molecule has 0 aromatic rings. The van der Waals surface area contributed by atoms with Gasteiger partial charge < -0.3 is 4.52 Å². The molecular formula is C11H22NO3PS. The Morgan fingerprint density at radius 3 is 2.29 bits per heavy atom. The van der Waals surface area contributed by atoms with Crippen molar-refractivity contribution in [1.82, 2.24) is 0 Å². The van der Waals surface area contributed by atoms with Gasteiger partial charge in [0, 0.05) is 5.25 Å². The molecule has 0 aliphatic rings. The first-order valence-corrected chi connectivity index (χ1v) is 8.92. The molecule has 0 saturated heterocycles. The molecule has 100 valence electrons. The number of rotatable bonds is 8. The highest BCUT2D eigenvalue weighted by molar-refractivity contribution is 8.55. The summed E-state index contributed by atoms with van der Waals surface area (Å²) in [6.45, 7) is 6.56. The zero-order valence-corrected chi connectivity index (χ0v) is 12.9. The van der Waals surface area contributed by atoms with Gasteiger partial charge in [-0.1, -0.05) is 27.7 Å². The minimum atomic E-state index is -3.22. The predicted octanol–water partition coefficient (Wildman–Crippen LogP) is 4.23. The first-order valence-electron chi connectivity index (χ1n) is 5.89. The molecule has 6 heteroatoms. The van der Waals surface area contributed by atoms with Crippen molar-refractivity contribution in [1.29, 1.82) is 5.26 Å². The van der Waals surface area contributed by atoms with Crippen LogP contribution in [-0.4, -0.2) is 18.0 Å². The number of hydrogen-bond donors (Lipinski definition) is 0. The Kier molecular flexibility index (Phi) is 8.15. The van der Waals surface area contributed by atoms with Crippen LogP contribution in [0.4, 0.5) is 0 Å². The zero-order chi connectivity index (χ0) is 13.5. The summed E-state index contributed by atoms with van der Waals surface area (Å²) in [4.78, 5) is 0. The van der Waals surface area contributed by atoms with Gasteiger partial charge in [-0.15, -0.1) is 0 Å². The van der Waals surface area contributed by atoms with Gasteiger partial charge in [0.1, 0.15) is 0 Å². The van der Waals surface area contributed by atoms with E-state index in [-0.39, 0.29) is 11.2 Å². The molecule has 0 aliphatic heterocycles. The summed E-state index contributed by atoms with van der Waals surface area (Å²) in [6, 6.07) is 2.02. The van der Waals surface area contributed by atoms with Gasteiger partial charge in [-0.2, -0.15) is 5.26 Å². The molecule has 0 aromatic heterocycles. The van der Waals surface area contributed by atoms with E-state index in [0.717, 1.165) is 6.42 Å². The van der Waals surface area contributed by atoms with E-state index in [4.69, 9.17) is 14.3 Å². The van der Waals surface area contributed by atoms with E-state index in [1.807, 2.05) is 33.8 Å². The highest BCUT2D eigenvalue weighted by atomic mass is 32.7. The minimum Gasteiger partial charge on any atom is -0.301 e. The normalized spacial score (nSPS) is 18.4. The molecule has 0 N–H and O–H groups in total. The van der Waals surface area contributed by atoms with Crippen LogP contribution in [0.2, 0.25) is 0 Å². The highest BCUT2D eigenvalue weighted by Gasteiger charge is 2.32. The molecule has 0 heterocycles. The van der Waals surface area contributed by atoms with Crippen molar-refractivity contribution >= 4 is 18.2 Å². The molecule has 4 nitrogen and oxygen atoms in total. The van der Waals surface area contributed by atoms with E-state index >= 15 is 0 Å². The second-order valence-corrected chi connectivity index (χ2v) is 8.44. The van der Waals surface area contributed by atoms with E-state index in [2.05, 4.69) is 0 Å². The highest BCUT2D eigenvalue weighted by Crippen LogP contribution is 2.63. The molecule has 0 radical (unpaired) electrons. The van der Waals surface area contributed by atoms with Crippen LogP contribution in [0.5, 0.6) is 0 Å². The van der Waals surface area contributed by atoms with E-state index < -0.39 is 12.9 Å². The van der Waals surface area contributed by atoms with Crippen molar-refractivity contribution in [2.24, 2.45) is 5.92 Å². The predicted molar refractivity (Wildman–Crippen MR) is 71.9 cm³/mol.